The molecular formula is C19H25F2N3O3. The Morgan fingerprint density at radius 1 is 1.52 bits per heavy atom. The Morgan fingerprint density at radius 3 is 3.00 bits per heavy atom. The molecule has 0 aliphatic carbocycles. The molecule has 0 saturated carbocycles. The largest absolute Gasteiger partial charge is 0.386 e. The van der Waals surface area contributed by atoms with E-state index >= 15 is 0 Å². The van der Waals surface area contributed by atoms with Gasteiger partial charge in [-0.3, -0.25) is 14.2 Å². The second-order valence-electron chi connectivity index (χ2n) is 7.28. The molecule has 2 aliphatic rings. The minimum atomic E-state index is -0.982. The molecule has 1 aromatic carbocycles. The van der Waals surface area contributed by atoms with Crippen molar-refractivity contribution in [1.29, 1.82) is 0 Å². The van der Waals surface area contributed by atoms with E-state index in [-0.39, 0.29) is 30.7 Å². The maximum absolute atomic E-state index is 14.4. The summed E-state index contributed by atoms with van der Waals surface area (Å²) in [4.78, 5) is 16.8. The highest BCUT2D eigenvalue weighted by Gasteiger charge is 2.33. The number of halogens is 2. The molecule has 6 nitrogen and oxygen atoms in total. The van der Waals surface area contributed by atoms with Crippen molar-refractivity contribution < 1.29 is 23.0 Å². The molecule has 0 radical (unpaired) electrons. The van der Waals surface area contributed by atoms with Crippen LogP contribution in [0.25, 0.3) is 0 Å². The molecule has 3 atom stereocenters. The molecular weight excluding hydrogens is 356 g/mol. The van der Waals surface area contributed by atoms with Gasteiger partial charge < -0.3 is 20.5 Å². The lowest BCUT2D eigenvalue weighted by Crippen LogP contribution is -2.38. The van der Waals surface area contributed by atoms with Crippen LogP contribution < -0.4 is 11.1 Å². The van der Waals surface area contributed by atoms with E-state index in [4.69, 9.17) is 15.2 Å². The van der Waals surface area contributed by atoms with Crippen molar-refractivity contribution in [1.82, 2.24) is 0 Å². The molecule has 0 spiro atoms. The number of amides is 1. The van der Waals surface area contributed by atoms with Gasteiger partial charge in [0.2, 0.25) is 5.91 Å². The number of carbonyl (C=O) groups excluding carboxylic acids is 1. The van der Waals surface area contributed by atoms with Crippen molar-refractivity contribution in [2.45, 2.75) is 37.8 Å². The van der Waals surface area contributed by atoms with Crippen molar-refractivity contribution in [3.8, 4) is 0 Å². The number of ether oxygens (including phenoxy) is 2. The quantitative estimate of drug-likeness (QED) is 0.793. The predicted molar refractivity (Wildman–Crippen MR) is 97.9 cm³/mol. The zero-order valence-electron chi connectivity index (χ0n) is 15.3. The van der Waals surface area contributed by atoms with Gasteiger partial charge in [-0.2, -0.15) is 0 Å². The van der Waals surface area contributed by atoms with Gasteiger partial charge >= 0.3 is 0 Å². The van der Waals surface area contributed by atoms with E-state index in [0.29, 0.717) is 18.7 Å². The van der Waals surface area contributed by atoms with E-state index in [2.05, 4.69) is 10.3 Å². The van der Waals surface area contributed by atoms with Crippen LogP contribution in [-0.4, -0.2) is 44.3 Å². The Labute approximate surface area is 157 Å². The van der Waals surface area contributed by atoms with Crippen LogP contribution >= 0.6 is 0 Å². The van der Waals surface area contributed by atoms with Gasteiger partial charge in [0, 0.05) is 17.9 Å². The number of hydrogen-bond donors (Lipinski definition) is 2. The summed E-state index contributed by atoms with van der Waals surface area (Å²) in [6, 6.07) is 4.19. The molecule has 1 saturated heterocycles. The molecule has 0 aromatic heterocycles. The third-order valence-electron chi connectivity index (χ3n) is 4.97. The van der Waals surface area contributed by atoms with E-state index in [0.717, 1.165) is 12.8 Å². The maximum Gasteiger partial charge on any atom is 0.230 e. The Hall–Kier alpha value is -2.06. The zero-order chi connectivity index (χ0) is 19.4. The van der Waals surface area contributed by atoms with Gasteiger partial charge in [0.05, 0.1) is 18.6 Å². The maximum atomic E-state index is 14.4. The van der Waals surface area contributed by atoms with Crippen molar-refractivity contribution >= 4 is 17.4 Å². The molecule has 0 bridgehead atoms. The molecule has 148 valence electrons. The molecule has 1 aromatic rings. The van der Waals surface area contributed by atoms with E-state index in [1.807, 2.05) is 0 Å². The summed E-state index contributed by atoms with van der Waals surface area (Å²) < 4.78 is 38.7. The van der Waals surface area contributed by atoms with Gasteiger partial charge in [-0.1, -0.05) is 0 Å². The molecule has 27 heavy (non-hydrogen) atoms. The van der Waals surface area contributed by atoms with Gasteiger partial charge in [-0.25, -0.2) is 4.39 Å². The number of amidine groups is 1. The van der Waals surface area contributed by atoms with Crippen LogP contribution in [-0.2, 0) is 19.8 Å². The van der Waals surface area contributed by atoms with Crippen molar-refractivity contribution in [2.75, 3.05) is 31.8 Å². The molecule has 3 rings (SSSR count). The van der Waals surface area contributed by atoms with E-state index in [1.165, 1.54) is 18.2 Å². The van der Waals surface area contributed by atoms with Crippen LogP contribution in [0.1, 0.15) is 31.7 Å². The third-order valence-corrected chi connectivity index (χ3v) is 4.97. The lowest BCUT2D eigenvalue weighted by Gasteiger charge is -2.30. The lowest BCUT2D eigenvalue weighted by atomic mass is 9.91. The topological polar surface area (TPSA) is 85.9 Å². The number of benzene rings is 1. The van der Waals surface area contributed by atoms with E-state index in [1.54, 1.807) is 6.92 Å². The van der Waals surface area contributed by atoms with E-state index < -0.39 is 29.9 Å². The fourth-order valence-corrected chi connectivity index (χ4v) is 3.52. The number of nitrogens with zero attached hydrogens (tertiary/aromatic N) is 1. The van der Waals surface area contributed by atoms with E-state index in [9.17, 15) is 13.6 Å². The SMILES string of the molecule is C[C@@]1(c2cc(NC(=O)C(CF)CC3CCCO3)ccc2F)COCC(N)=N1. The Bertz CT molecular complexity index is 722. The number of nitrogens with one attached hydrogen (secondary N) is 1. The summed E-state index contributed by atoms with van der Waals surface area (Å²) in [6.07, 6.45) is 2.01. The van der Waals surface area contributed by atoms with Gasteiger partial charge in [0.15, 0.2) is 0 Å². The number of carbonyl (C=O) groups is 1. The molecule has 2 aliphatic heterocycles. The van der Waals surface area contributed by atoms with Gasteiger partial charge in [-0.15, -0.1) is 0 Å². The van der Waals surface area contributed by atoms with Crippen LogP contribution in [0, 0.1) is 11.7 Å². The zero-order valence-corrected chi connectivity index (χ0v) is 15.3. The number of nitrogens with two attached hydrogens (primary N) is 1. The Balaban J connectivity index is 1.75. The second-order valence-corrected chi connectivity index (χ2v) is 7.28. The highest BCUT2D eigenvalue weighted by atomic mass is 19.1. The third kappa shape index (κ3) is 4.62. The normalized spacial score (nSPS) is 26.5. The number of aliphatic imine (C=N–C) groups is 1. The summed E-state index contributed by atoms with van der Waals surface area (Å²) in [5, 5.41) is 2.68. The average Bonchev–Trinajstić information content (AvgIpc) is 3.14. The first-order valence-corrected chi connectivity index (χ1v) is 9.11. The van der Waals surface area contributed by atoms with Crippen molar-refractivity contribution in [3.63, 3.8) is 0 Å². The second kappa shape index (κ2) is 8.31. The predicted octanol–water partition coefficient (Wildman–Crippen LogP) is 2.52. The van der Waals surface area contributed by atoms with Crippen LogP contribution in [0.5, 0.6) is 0 Å². The number of hydrogen-bond acceptors (Lipinski definition) is 5. The highest BCUT2D eigenvalue weighted by Crippen LogP contribution is 2.32. The Kier molecular flexibility index (Phi) is 6.06. The highest BCUT2D eigenvalue weighted by molar-refractivity contribution is 5.92. The summed E-state index contributed by atoms with van der Waals surface area (Å²) in [5.74, 6) is -1.44. The van der Waals surface area contributed by atoms with Crippen LogP contribution in [0.15, 0.2) is 23.2 Å². The lowest BCUT2D eigenvalue weighted by molar-refractivity contribution is -0.121. The first kappa shape index (κ1) is 19.7. The minimum Gasteiger partial charge on any atom is -0.386 e. The fourth-order valence-electron chi connectivity index (χ4n) is 3.52. The van der Waals surface area contributed by atoms with Crippen LogP contribution in [0.3, 0.4) is 0 Å². The molecule has 1 fully saturated rings. The van der Waals surface area contributed by atoms with Gasteiger partial charge in [-0.05, 0) is 44.4 Å². The number of alkyl halides is 1. The van der Waals surface area contributed by atoms with Crippen molar-refractivity contribution in [3.05, 3.63) is 29.6 Å². The molecule has 8 heteroatoms. The Morgan fingerprint density at radius 2 is 2.33 bits per heavy atom. The minimum absolute atomic E-state index is 0.0871. The summed E-state index contributed by atoms with van der Waals surface area (Å²) in [5.41, 5.74) is 5.39. The molecule has 2 unspecified atom stereocenters. The summed E-state index contributed by atoms with van der Waals surface area (Å²) >= 11 is 0. The summed E-state index contributed by atoms with van der Waals surface area (Å²) in [7, 11) is 0. The molecule has 3 N–H and O–H groups in total. The average molecular weight is 381 g/mol. The first-order chi connectivity index (χ1) is 12.9. The van der Waals surface area contributed by atoms with Crippen LogP contribution in [0.4, 0.5) is 14.5 Å². The van der Waals surface area contributed by atoms with Crippen molar-refractivity contribution in [2.24, 2.45) is 16.6 Å². The number of anilines is 1. The van der Waals surface area contributed by atoms with Gasteiger partial charge in [0.25, 0.3) is 0 Å². The molecule has 2 heterocycles. The standard InChI is InChI=1S/C19H25F2N3O3/c1-19(11-26-10-17(22)24-19)15-8-13(4-5-16(15)21)23-18(25)12(9-20)7-14-3-2-6-27-14/h4-5,8,12,14H,2-3,6-7,9-11H2,1H3,(H2,22,24)(H,23,25)/t12?,14?,19-/m0/s1. The van der Waals surface area contributed by atoms with Crippen LogP contribution in [0.2, 0.25) is 0 Å². The first-order valence-electron chi connectivity index (χ1n) is 9.11. The fraction of sp³-hybridized carbons (Fsp3) is 0.579. The van der Waals surface area contributed by atoms with Gasteiger partial charge in [0.1, 0.15) is 30.5 Å². The number of rotatable bonds is 6. The molecule has 1 amide bonds. The smallest absolute Gasteiger partial charge is 0.230 e. The summed E-state index contributed by atoms with van der Waals surface area (Å²) in [6.45, 7) is 1.97. The monoisotopic (exact) mass is 381 g/mol.